The van der Waals surface area contributed by atoms with Gasteiger partial charge < -0.3 is 10.5 Å². The lowest BCUT2D eigenvalue weighted by atomic mass is 10.3. The van der Waals surface area contributed by atoms with Gasteiger partial charge in [0.05, 0.1) is 18.0 Å². The van der Waals surface area contributed by atoms with Crippen molar-refractivity contribution in [3.8, 4) is 5.75 Å². The molecule has 5 nitrogen and oxygen atoms in total. The number of nitrogens with zero attached hydrogens (tertiary/aromatic N) is 1. The van der Waals surface area contributed by atoms with Gasteiger partial charge in [-0.2, -0.15) is 0 Å². The average Bonchev–Trinajstić information content (AvgIpc) is 2.25. The number of hydrogen-bond acceptors (Lipinski definition) is 4. The summed E-state index contributed by atoms with van der Waals surface area (Å²) in [7, 11) is -3.30. The lowest BCUT2D eigenvalue weighted by molar-refractivity contribution is 0.242. The van der Waals surface area contributed by atoms with Crippen LogP contribution in [0.2, 0.25) is 0 Å². The topological polar surface area (TPSA) is 72.6 Å². The van der Waals surface area contributed by atoms with Gasteiger partial charge in [0.25, 0.3) is 0 Å². The highest BCUT2D eigenvalue weighted by molar-refractivity contribution is 7.92. The normalized spacial score (nSPS) is 11.6. The van der Waals surface area contributed by atoms with Crippen molar-refractivity contribution in [1.29, 1.82) is 0 Å². The van der Waals surface area contributed by atoms with Gasteiger partial charge in [-0.05, 0) is 38.1 Å². The summed E-state index contributed by atoms with van der Waals surface area (Å²) in [5.41, 5.74) is 6.02. The third-order valence-corrected chi connectivity index (χ3v) is 3.42. The third kappa shape index (κ3) is 4.19. The summed E-state index contributed by atoms with van der Waals surface area (Å²) >= 11 is 0. The summed E-state index contributed by atoms with van der Waals surface area (Å²) in [5, 5.41) is 0. The molecular formula is C12H20N2O3S. The molecule has 6 heteroatoms. The quantitative estimate of drug-likeness (QED) is 0.844. The minimum Gasteiger partial charge on any atom is -0.491 e. The van der Waals surface area contributed by atoms with Crippen molar-refractivity contribution >= 4 is 15.7 Å². The van der Waals surface area contributed by atoms with Crippen LogP contribution in [0.3, 0.4) is 0 Å². The summed E-state index contributed by atoms with van der Waals surface area (Å²) in [6.07, 6.45) is 1.26. The highest BCUT2D eigenvalue weighted by Crippen LogP contribution is 2.21. The standard InChI is InChI=1S/C12H20N2O3S/c1-10(2)17-12-6-4-11(5-7-12)14(9-8-13)18(3,15)16/h4-7,10H,8-9,13H2,1-3H3. The maximum Gasteiger partial charge on any atom is 0.232 e. The Labute approximate surface area is 109 Å². The lowest BCUT2D eigenvalue weighted by Crippen LogP contribution is -2.34. The zero-order valence-electron chi connectivity index (χ0n) is 11.0. The Morgan fingerprint density at radius 3 is 2.22 bits per heavy atom. The van der Waals surface area contributed by atoms with Crippen molar-refractivity contribution in [3.63, 3.8) is 0 Å². The van der Waals surface area contributed by atoms with Gasteiger partial charge in [0.1, 0.15) is 5.75 Å². The first-order valence-electron chi connectivity index (χ1n) is 5.79. The van der Waals surface area contributed by atoms with E-state index < -0.39 is 10.0 Å². The molecule has 1 rings (SSSR count). The minimum absolute atomic E-state index is 0.0888. The SMILES string of the molecule is CC(C)Oc1ccc(N(CCN)S(C)(=O)=O)cc1. The van der Waals surface area contributed by atoms with E-state index >= 15 is 0 Å². The smallest absolute Gasteiger partial charge is 0.232 e. The van der Waals surface area contributed by atoms with Crippen LogP contribution in [0.1, 0.15) is 13.8 Å². The van der Waals surface area contributed by atoms with Crippen LogP contribution < -0.4 is 14.8 Å². The third-order valence-electron chi connectivity index (χ3n) is 2.23. The van der Waals surface area contributed by atoms with E-state index in [1.54, 1.807) is 24.3 Å². The van der Waals surface area contributed by atoms with E-state index in [0.29, 0.717) is 5.69 Å². The monoisotopic (exact) mass is 272 g/mol. The molecule has 0 aromatic heterocycles. The zero-order valence-corrected chi connectivity index (χ0v) is 11.8. The second-order valence-electron chi connectivity index (χ2n) is 4.28. The molecule has 18 heavy (non-hydrogen) atoms. The fraction of sp³-hybridized carbons (Fsp3) is 0.500. The van der Waals surface area contributed by atoms with E-state index in [9.17, 15) is 8.42 Å². The molecule has 1 aromatic carbocycles. The van der Waals surface area contributed by atoms with E-state index in [1.165, 1.54) is 10.6 Å². The van der Waals surface area contributed by atoms with Crippen LogP contribution in [0.5, 0.6) is 5.75 Å². The maximum atomic E-state index is 11.6. The molecular weight excluding hydrogens is 252 g/mol. The van der Waals surface area contributed by atoms with E-state index in [2.05, 4.69) is 0 Å². The largest absolute Gasteiger partial charge is 0.491 e. The highest BCUT2D eigenvalue weighted by Gasteiger charge is 2.16. The Balaban J connectivity index is 2.94. The summed E-state index contributed by atoms with van der Waals surface area (Å²) in [4.78, 5) is 0. The molecule has 0 aliphatic carbocycles. The Hall–Kier alpha value is -1.27. The molecule has 0 saturated carbocycles. The average molecular weight is 272 g/mol. The van der Waals surface area contributed by atoms with E-state index in [4.69, 9.17) is 10.5 Å². The molecule has 0 fully saturated rings. The molecule has 0 bridgehead atoms. The number of hydrogen-bond donors (Lipinski definition) is 1. The summed E-state index contributed by atoms with van der Waals surface area (Å²) in [6.45, 7) is 4.41. The van der Waals surface area contributed by atoms with Crippen LogP contribution in [0.25, 0.3) is 0 Å². The van der Waals surface area contributed by atoms with Gasteiger partial charge in [0.15, 0.2) is 0 Å². The Morgan fingerprint density at radius 2 is 1.83 bits per heavy atom. The van der Waals surface area contributed by atoms with Crippen LogP contribution in [0.15, 0.2) is 24.3 Å². The molecule has 0 unspecified atom stereocenters. The molecule has 0 aliphatic rings. The first-order chi connectivity index (χ1) is 8.34. The van der Waals surface area contributed by atoms with Gasteiger partial charge in [0, 0.05) is 13.1 Å². The molecule has 0 aliphatic heterocycles. The van der Waals surface area contributed by atoms with E-state index in [1.807, 2.05) is 13.8 Å². The van der Waals surface area contributed by atoms with Crippen LogP contribution in [-0.4, -0.2) is 33.9 Å². The molecule has 0 spiro atoms. The van der Waals surface area contributed by atoms with E-state index in [0.717, 1.165) is 5.75 Å². The van der Waals surface area contributed by atoms with Crippen LogP contribution in [-0.2, 0) is 10.0 Å². The second-order valence-corrected chi connectivity index (χ2v) is 6.19. The zero-order chi connectivity index (χ0) is 13.8. The van der Waals surface area contributed by atoms with Gasteiger partial charge in [-0.3, -0.25) is 4.31 Å². The van der Waals surface area contributed by atoms with E-state index in [-0.39, 0.29) is 19.2 Å². The summed E-state index contributed by atoms with van der Waals surface area (Å²) in [6, 6.07) is 6.94. The Bertz CT molecular complexity index is 469. The first-order valence-corrected chi connectivity index (χ1v) is 7.64. The summed E-state index contributed by atoms with van der Waals surface area (Å²) in [5.74, 6) is 0.718. The van der Waals surface area contributed by atoms with Gasteiger partial charge in [-0.15, -0.1) is 0 Å². The minimum atomic E-state index is -3.30. The molecule has 0 amide bonds. The van der Waals surface area contributed by atoms with Crippen molar-refractivity contribution in [2.75, 3.05) is 23.7 Å². The van der Waals surface area contributed by atoms with Crippen molar-refractivity contribution in [1.82, 2.24) is 0 Å². The maximum absolute atomic E-state index is 11.6. The van der Waals surface area contributed by atoms with Gasteiger partial charge in [0.2, 0.25) is 10.0 Å². The first kappa shape index (κ1) is 14.8. The number of nitrogens with two attached hydrogens (primary N) is 1. The van der Waals surface area contributed by atoms with Crippen molar-refractivity contribution in [2.45, 2.75) is 20.0 Å². The number of benzene rings is 1. The fourth-order valence-electron chi connectivity index (χ4n) is 1.57. The van der Waals surface area contributed by atoms with Crippen molar-refractivity contribution < 1.29 is 13.2 Å². The van der Waals surface area contributed by atoms with Crippen LogP contribution in [0.4, 0.5) is 5.69 Å². The van der Waals surface area contributed by atoms with Gasteiger partial charge >= 0.3 is 0 Å². The predicted octanol–water partition coefficient (Wildman–Crippen LogP) is 1.20. The molecule has 0 radical (unpaired) electrons. The van der Waals surface area contributed by atoms with Crippen LogP contribution in [0, 0.1) is 0 Å². The number of rotatable bonds is 6. The number of ether oxygens (including phenoxy) is 1. The molecule has 0 heterocycles. The summed E-state index contributed by atoms with van der Waals surface area (Å²) < 4.78 is 30.0. The van der Waals surface area contributed by atoms with Gasteiger partial charge in [-0.25, -0.2) is 8.42 Å². The van der Waals surface area contributed by atoms with Crippen molar-refractivity contribution in [2.24, 2.45) is 5.73 Å². The van der Waals surface area contributed by atoms with Crippen LogP contribution >= 0.6 is 0 Å². The Kier molecular flexibility index (Phi) is 4.98. The second kappa shape index (κ2) is 6.06. The fourth-order valence-corrected chi connectivity index (χ4v) is 2.51. The molecule has 1 aromatic rings. The molecule has 0 saturated heterocycles. The predicted molar refractivity (Wildman–Crippen MR) is 73.5 cm³/mol. The number of sulfonamides is 1. The molecule has 0 atom stereocenters. The molecule has 102 valence electrons. The molecule has 2 N–H and O–H groups in total. The lowest BCUT2D eigenvalue weighted by Gasteiger charge is -2.22. The number of anilines is 1. The highest BCUT2D eigenvalue weighted by atomic mass is 32.2. The Morgan fingerprint density at radius 1 is 1.28 bits per heavy atom. The van der Waals surface area contributed by atoms with Gasteiger partial charge in [-0.1, -0.05) is 0 Å². The van der Waals surface area contributed by atoms with Crippen molar-refractivity contribution in [3.05, 3.63) is 24.3 Å².